The van der Waals surface area contributed by atoms with Crippen LogP contribution in [0.5, 0.6) is 5.75 Å². The molecule has 21 heavy (non-hydrogen) atoms. The molecule has 0 aliphatic rings. The molecule has 1 heterocycles. The fourth-order valence-corrected chi connectivity index (χ4v) is 3.43. The van der Waals surface area contributed by atoms with Gasteiger partial charge in [-0.3, -0.25) is 9.82 Å². The molecule has 1 aromatic heterocycles. The average Bonchev–Trinajstić information content (AvgIpc) is 2.88. The van der Waals surface area contributed by atoms with Gasteiger partial charge in [0, 0.05) is 16.2 Å². The van der Waals surface area contributed by atoms with Crippen molar-refractivity contribution in [1.82, 2.24) is 10.2 Å². The molecule has 2 N–H and O–H groups in total. The van der Waals surface area contributed by atoms with Gasteiger partial charge in [-0.15, -0.1) is 0 Å². The first-order valence-electron chi connectivity index (χ1n) is 6.45. The van der Waals surface area contributed by atoms with Crippen molar-refractivity contribution in [3.05, 3.63) is 34.4 Å². The van der Waals surface area contributed by atoms with Crippen molar-refractivity contribution >= 4 is 31.8 Å². The number of aromatic nitrogens is 2. The van der Waals surface area contributed by atoms with E-state index in [1.807, 2.05) is 6.92 Å². The number of sulfonamides is 1. The quantitative estimate of drug-likeness (QED) is 0.814. The predicted octanol–water partition coefficient (Wildman–Crippen LogP) is 2.93. The molecule has 0 saturated carbocycles. The van der Waals surface area contributed by atoms with Gasteiger partial charge in [-0.25, -0.2) is 8.42 Å². The highest BCUT2D eigenvalue weighted by Gasteiger charge is 2.21. The third-order valence-electron chi connectivity index (χ3n) is 2.75. The Morgan fingerprint density at radius 1 is 1.33 bits per heavy atom. The number of ether oxygens (including phenoxy) is 1. The van der Waals surface area contributed by atoms with E-state index in [2.05, 4.69) is 30.8 Å². The van der Waals surface area contributed by atoms with Gasteiger partial charge in [0.15, 0.2) is 5.82 Å². The van der Waals surface area contributed by atoms with Gasteiger partial charge in [0.1, 0.15) is 10.6 Å². The van der Waals surface area contributed by atoms with E-state index in [4.69, 9.17) is 4.74 Å². The number of halogens is 1. The normalized spacial score (nSPS) is 11.4. The van der Waals surface area contributed by atoms with Crippen LogP contribution >= 0.6 is 15.9 Å². The zero-order chi connectivity index (χ0) is 15.5. The number of benzene rings is 1. The van der Waals surface area contributed by atoms with Crippen LogP contribution < -0.4 is 9.46 Å². The lowest BCUT2D eigenvalue weighted by molar-refractivity contribution is 0.331. The highest BCUT2D eigenvalue weighted by atomic mass is 79.9. The third-order valence-corrected chi connectivity index (χ3v) is 4.62. The van der Waals surface area contributed by atoms with Crippen molar-refractivity contribution in [3.8, 4) is 5.75 Å². The molecular formula is C13H16BrN3O3S. The molecule has 6 nitrogen and oxygen atoms in total. The minimum atomic E-state index is -3.77. The van der Waals surface area contributed by atoms with Gasteiger partial charge in [-0.05, 0) is 31.5 Å². The van der Waals surface area contributed by atoms with Crippen LogP contribution in [0.3, 0.4) is 0 Å². The van der Waals surface area contributed by atoms with Crippen molar-refractivity contribution in [1.29, 1.82) is 0 Å². The Kier molecular flexibility index (Phi) is 4.89. The first kappa shape index (κ1) is 15.8. The van der Waals surface area contributed by atoms with Crippen LogP contribution in [0.2, 0.25) is 0 Å². The lowest BCUT2D eigenvalue weighted by atomic mass is 10.3. The Morgan fingerprint density at radius 2 is 2.10 bits per heavy atom. The Balaban J connectivity index is 2.36. The van der Waals surface area contributed by atoms with Gasteiger partial charge in [0.05, 0.1) is 6.61 Å². The van der Waals surface area contributed by atoms with E-state index < -0.39 is 10.0 Å². The van der Waals surface area contributed by atoms with Gasteiger partial charge >= 0.3 is 0 Å². The first-order valence-corrected chi connectivity index (χ1v) is 8.73. The van der Waals surface area contributed by atoms with E-state index in [9.17, 15) is 8.42 Å². The summed E-state index contributed by atoms with van der Waals surface area (Å²) in [7, 11) is -3.77. The molecule has 114 valence electrons. The Hall–Kier alpha value is -1.54. The second-order valence-corrected chi connectivity index (χ2v) is 6.83. The number of aromatic amines is 1. The smallest absolute Gasteiger partial charge is 0.266 e. The second-order valence-electron chi connectivity index (χ2n) is 4.26. The maximum absolute atomic E-state index is 12.5. The molecule has 0 aliphatic heterocycles. The van der Waals surface area contributed by atoms with Crippen LogP contribution in [-0.2, 0) is 16.4 Å². The van der Waals surface area contributed by atoms with E-state index >= 15 is 0 Å². The second kappa shape index (κ2) is 6.48. The van der Waals surface area contributed by atoms with Crippen molar-refractivity contribution in [2.24, 2.45) is 0 Å². The van der Waals surface area contributed by atoms with Gasteiger partial charge in [0.2, 0.25) is 0 Å². The summed E-state index contributed by atoms with van der Waals surface area (Å²) < 4.78 is 33.4. The number of H-pyrrole nitrogens is 1. The Morgan fingerprint density at radius 3 is 2.71 bits per heavy atom. The van der Waals surface area contributed by atoms with Crippen LogP contribution in [0.25, 0.3) is 0 Å². The number of hydrogen-bond acceptors (Lipinski definition) is 4. The summed E-state index contributed by atoms with van der Waals surface area (Å²) in [5.74, 6) is 0.564. The largest absolute Gasteiger partial charge is 0.492 e. The molecule has 0 radical (unpaired) electrons. The van der Waals surface area contributed by atoms with Crippen molar-refractivity contribution in [2.75, 3.05) is 11.3 Å². The van der Waals surface area contributed by atoms with Crippen LogP contribution in [-0.4, -0.2) is 25.2 Å². The van der Waals surface area contributed by atoms with E-state index in [-0.39, 0.29) is 10.7 Å². The molecular weight excluding hydrogens is 358 g/mol. The lowest BCUT2D eigenvalue weighted by Crippen LogP contribution is -2.15. The molecule has 0 unspecified atom stereocenters. The van der Waals surface area contributed by atoms with Crippen molar-refractivity contribution < 1.29 is 13.2 Å². The fourth-order valence-electron chi connectivity index (χ4n) is 1.75. The van der Waals surface area contributed by atoms with Gasteiger partial charge < -0.3 is 4.74 Å². The summed E-state index contributed by atoms with van der Waals surface area (Å²) in [6.07, 6.45) is 0.746. The summed E-state index contributed by atoms with van der Waals surface area (Å²) in [4.78, 5) is 0.0692. The number of nitrogens with zero attached hydrogens (tertiary/aromatic N) is 1. The van der Waals surface area contributed by atoms with E-state index in [0.717, 1.165) is 12.1 Å². The number of anilines is 1. The number of rotatable bonds is 6. The number of aryl methyl sites for hydroxylation is 1. The zero-order valence-electron chi connectivity index (χ0n) is 11.7. The van der Waals surface area contributed by atoms with E-state index in [1.54, 1.807) is 25.1 Å². The molecule has 8 heteroatoms. The Labute approximate surface area is 132 Å². The number of hydrogen-bond donors (Lipinski definition) is 2. The molecule has 0 atom stereocenters. The summed E-state index contributed by atoms with van der Waals surface area (Å²) in [6, 6.07) is 6.51. The van der Waals surface area contributed by atoms with Crippen LogP contribution in [0.1, 0.15) is 19.5 Å². The molecule has 0 saturated heterocycles. The summed E-state index contributed by atoms with van der Waals surface area (Å²) >= 11 is 3.27. The summed E-state index contributed by atoms with van der Waals surface area (Å²) in [5.41, 5.74) is 0.854. The molecule has 0 bridgehead atoms. The average molecular weight is 374 g/mol. The molecule has 0 fully saturated rings. The third kappa shape index (κ3) is 3.76. The SMILES string of the molecule is CCOc1ccc(Br)cc1S(=O)(=O)Nc1cc(CC)[nH]n1. The minimum absolute atomic E-state index is 0.0692. The topological polar surface area (TPSA) is 84.1 Å². The monoisotopic (exact) mass is 373 g/mol. The molecule has 0 aliphatic carbocycles. The van der Waals surface area contributed by atoms with Crippen LogP contribution in [0.15, 0.2) is 33.6 Å². The summed E-state index contributed by atoms with van der Waals surface area (Å²) in [5, 5.41) is 6.69. The predicted molar refractivity (Wildman–Crippen MR) is 84.1 cm³/mol. The van der Waals surface area contributed by atoms with E-state index in [0.29, 0.717) is 16.8 Å². The maximum Gasteiger partial charge on any atom is 0.266 e. The van der Waals surface area contributed by atoms with Crippen LogP contribution in [0.4, 0.5) is 5.82 Å². The first-order chi connectivity index (χ1) is 9.96. The number of nitrogens with one attached hydrogen (secondary N) is 2. The summed E-state index contributed by atoms with van der Waals surface area (Å²) in [6.45, 7) is 4.13. The Bertz CT molecular complexity index is 728. The van der Waals surface area contributed by atoms with Crippen molar-refractivity contribution in [3.63, 3.8) is 0 Å². The zero-order valence-corrected chi connectivity index (χ0v) is 14.1. The van der Waals surface area contributed by atoms with Gasteiger partial charge in [-0.2, -0.15) is 5.10 Å². The molecule has 0 spiro atoms. The lowest BCUT2D eigenvalue weighted by Gasteiger charge is -2.11. The maximum atomic E-state index is 12.5. The minimum Gasteiger partial charge on any atom is -0.492 e. The highest BCUT2D eigenvalue weighted by molar-refractivity contribution is 9.10. The molecule has 2 aromatic rings. The van der Waals surface area contributed by atoms with Crippen LogP contribution in [0, 0.1) is 0 Å². The van der Waals surface area contributed by atoms with Gasteiger partial charge in [-0.1, -0.05) is 22.9 Å². The fraction of sp³-hybridized carbons (Fsp3) is 0.308. The molecule has 2 rings (SSSR count). The standard InChI is InChI=1S/C13H16BrN3O3S/c1-3-10-8-13(16-15-10)17-21(18,19)12-7-9(14)5-6-11(12)20-4-2/h5-8H,3-4H2,1-2H3,(H2,15,16,17). The van der Waals surface area contributed by atoms with Crippen molar-refractivity contribution in [2.45, 2.75) is 25.2 Å². The van der Waals surface area contributed by atoms with E-state index in [1.165, 1.54) is 6.07 Å². The molecule has 0 amide bonds. The highest BCUT2D eigenvalue weighted by Crippen LogP contribution is 2.29. The van der Waals surface area contributed by atoms with Gasteiger partial charge in [0.25, 0.3) is 10.0 Å². The molecule has 1 aromatic carbocycles.